The van der Waals surface area contributed by atoms with E-state index in [9.17, 15) is 4.79 Å². The van der Waals surface area contributed by atoms with E-state index in [1.807, 2.05) is 31.2 Å². The molecule has 23 heavy (non-hydrogen) atoms. The normalized spacial score (nSPS) is 14.7. The molecule has 4 rings (SSSR count). The largest absolute Gasteiger partial charge is 0.493 e. The smallest absolute Gasteiger partial charge is 0.259 e. The van der Waals surface area contributed by atoms with Gasteiger partial charge in [0, 0.05) is 29.7 Å². The maximum absolute atomic E-state index is 12.9. The van der Waals surface area contributed by atoms with E-state index in [1.165, 1.54) is 5.56 Å². The zero-order valence-corrected chi connectivity index (χ0v) is 13.4. The SMILES string of the molecule is Cc1ccc(NC(=O)c2c3c(cc4c2OCC4)OCC3)cc1C. The molecular weight excluding hydrogens is 290 g/mol. The van der Waals surface area contributed by atoms with Crippen LogP contribution in [0.2, 0.25) is 0 Å². The van der Waals surface area contributed by atoms with E-state index in [4.69, 9.17) is 9.47 Å². The molecule has 4 heteroatoms. The number of rotatable bonds is 2. The Morgan fingerprint density at radius 1 is 1.04 bits per heavy atom. The lowest BCUT2D eigenvalue weighted by molar-refractivity contribution is 0.102. The van der Waals surface area contributed by atoms with Gasteiger partial charge in [-0.3, -0.25) is 4.79 Å². The summed E-state index contributed by atoms with van der Waals surface area (Å²) in [6, 6.07) is 7.97. The van der Waals surface area contributed by atoms with Gasteiger partial charge in [-0.15, -0.1) is 0 Å². The lowest BCUT2D eigenvalue weighted by Gasteiger charge is -2.13. The average molecular weight is 309 g/mol. The monoisotopic (exact) mass is 309 g/mol. The highest BCUT2D eigenvalue weighted by Crippen LogP contribution is 2.40. The first-order valence-corrected chi connectivity index (χ1v) is 7.96. The van der Waals surface area contributed by atoms with Gasteiger partial charge >= 0.3 is 0 Å². The highest BCUT2D eigenvalue weighted by atomic mass is 16.5. The second kappa shape index (κ2) is 5.30. The van der Waals surface area contributed by atoms with Crippen molar-refractivity contribution in [2.75, 3.05) is 18.5 Å². The van der Waals surface area contributed by atoms with Crippen molar-refractivity contribution in [3.8, 4) is 11.5 Å². The van der Waals surface area contributed by atoms with Gasteiger partial charge in [0.2, 0.25) is 0 Å². The van der Waals surface area contributed by atoms with Crippen molar-refractivity contribution in [1.82, 2.24) is 0 Å². The molecule has 0 atom stereocenters. The van der Waals surface area contributed by atoms with E-state index in [-0.39, 0.29) is 5.91 Å². The molecule has 2 aliphatic rings. The minimum Gasteiger partial charge on any atom is -0.493 e. The maximum atomic E-state index is 12.9. The molecule has 1 amide bonds. The number of amides is 1. The summed E-state index contributed by atoms with van der Waals surface area (Å²) in [4.78, 5) is 12.9. The maximum Gasteiger partial charge on any atom is 0.259 e. The van der Waals surface area contributed by atoms with E-state index >= 15 is 0 Å². The number of carbonyl (C=O) groups excluding carboxylic acids is 1. The first-order valence-electron chi connectivity index (χ1n) is 7.96. The number of anilines is 1. The molecule has 4 nitrogen and oxygen atoms in total. The molecule has 1 N–H and O–H groups in total. The molecule has 0 radical (unpaired) electrons. The van der Waals surface area contributed by atoms with Gasteiger partial charge in [-0.25, -0.2) is 0 Å². The number of nitrogens with one attached hydrogen (secondary N) is 1. The summed E-state index contributed by atoms with van der Waals surface area (Å²) in [6.07, 6.45) is 1.58. The van der Waals surface area contributed by atoms with Gasteiger partial charge in [0.05, 0.1) is 18.8 Å². The summed E-state index contributed by atoms with van der Waals surface area (Å²) in [5.74, 6) is 1.45. The highest BCUT2D eigenvalue weighted by molar-refractivity contribution is 6.08. The molecule has 0 fully saturated rings. The van der Waals surface area contributed by atoms with Crippen molar-refractivity contribution >= 4 is 11.6 Å². The van der Waals surface area contributed by atoms with Crippen LogP contribution in [-0.4, -0.2) is 19.1 Å². The third-order valence-corrected chi connectivity index (χ3v) is 4.64. The van der Waals surface area contributed by atoms with Crippen molar-refractivity contribution in [3.63, 3.8) is 0 Å². The molecule has 2 aromatic rings. The van der Waals surface area contributed by atoms with Crippen molar-refractivity contribution in [2.45, 2.75) is 26.7 Å². The summed E-state index contributed by atoms with van der Waals surface area (Å²) in [5.41, 5.74) is 5.85. The number of ether oxygens (including phenoxy) is 2. The van der Waals surface area contributed by atoms with Crippen LogP contribution in [0.15, 0.2) is 24.3 Å². The molecule has 2 aliphatic heterocycles. The molecule has 0 bridgehead atoms. The second-order valence-electron chi connectivity index (χ2n) is 6.17. The topological polar surface area (TPSA) is 47.6 Å². The fraction of sp³-hybridized carbons (Fsp3) is 0.316. The molecule has 0 saturated carbocycles. The van der Waals surface area contributed by atoms with Crippen LogP contribution in [0.5, 0.6) is 11.5 Å². The van der Waals surface area contributed by atoms with Crippen molar-refractivity contribution in [3.05, 3.63) is 52.1 Å². The molecule has 2 heterocycles. The van der Waals surface area contributed by atoms with Crippen molar-refractivity contribution in [1.29, 1.82) is 0 Å². The lowest BCUT2D eigenvalue weighted by Crippen LogP contribution is -2.15. The molecule has 0 aromatic heterocycles. The Morgan fingerprint density at radius 2 is 1.87 bits per heavy atom. The molecule has 0 aliphatic carbocycles. The van der Waals surface area contributed by atoms with Crippen LogP contribution < -0.4 is 14.8 Å². The molecule has 0 saturated heterocycles. The fourth-order valence-corrected chi connectivity index (χ4v) is 3.24. The Hall–Kier alpha value is -2.49. The average Bonchev–Trinajstić information content (AvgIpc) is 3.16. The van der Waals surface area contributed by atoms with E-state index in [2.05, 4.69) is 12.2 Å². The van der Waals surface area contributed by atoms with Gasteiger partial charge < -0.3 is 14.8 Å². The van der Waals surface area contributed by atoms with Crippen LogP contribution in [0.3, 0.4) is 0 Å². The third-order valence-electron chi connectivity index (χ3n) is 4.64. The Labute approximate surface area is 135 Å². The summed E-state index contributed by atoms with van der Waals surface area (Å²) >= 11 is 0. The Morgan fingerprint density at radius 3 is 2.70 bits per heavy atom. The zero-order chi connectivity index (χ0) is 16.0. The number of hydrogen-bond donors (Lipinski definition) is 1. The summed E-state index contributed by atoms with van der Waals surface area (Å²) < 4.78 is 11.4. The summed E-state index contributed by atoms with van der Waals surface area (Å²) in [5, 5.41) is 3.01. The first-order chi connectivity index (χ1) is 11.1. The van der Waals surface area contributed by atoms with Crippen LogP contribution in [0.4, 0.5) is 5.69 Å². The van der Waals surface area contributed by atoms with Gasteiger partial charge in [-0.1, -0.05) is 6.07 Å². The van der Waals surface area contributed by atoms with Gasteiger partial charge in [0.1, 0.15) is 11.5 Å². The quantitative estimate of drug-likeness (QED) is 0.924. The number of hydrogen-bond acceptors (Lipinski definition) is 3. The summed E-state index contributed by atoms with van der Waals surface area (Å²) in [7, 11) is 0. The van der Waals surface area contributed by atoms with Gasteiger partial charge in [-0.05, 0) is 43.2 Å². The van der Waals surface area contributed by atoms with E-state index in [1.54, 1.807) is 0 Å². The number of benzene rings is 2. The van der Waals surface area contributed by atoms with Crippen LogP contribution in [0.1, 0.15) is 32.6 Å². The van der Waals surface area contributed by atoms with Crippen LogP contribution >= 0.6 is 0 Å². The van der Waals surface area contributed by atoms with Crippen LogP contribution in [0, 0.1) is 13.8 Å². The standard InChI is InChI=1S/C19H19NO3/c1-11-3-4-14(9-12(11)2)20-19(21)17-15-6-8-22-16(15)10-13-5-7-23-18(13)17/h3-4,9-10H,5-8H2,1-2H3,(H,20,21). The van der Waals surface area contributed by atoms with E-state index < -0.39 is 0 Å². The zero-order valence-electron chi connectivity index (χ0n) is 13.4. The predicted octanol–water partition coefficient (Wildman–Crippen LogP) is 3.43. The molecule has 118 valence electrons. The lowest BCUT2D eigenvalue weighted by atomic mass is 9.98. The summed E-state index contributed by atoms with van der Waals surface area (Å²) in [6.45, 7) is 5.35. The number of fused-ring (bicyclic) bond motifs is 2. The van der Waals surface area contributed by atoms with Crippen molar-refractivity contribution in [2.24, 2.45) is 0 Å². The van der Waals surface area contributed by atoms with Gasteiger partial charge in [-0.2, -0.15) is 0 Å². The molecular formula is C19H19NO3. The predicted molar refractivity (Wildman–Crippen MR) is 88.7 cm³/mol. The minimum atomic E-state index is -0.117. The molecule has 0 unspecified atom stereocenters. The highest BCUT2D eigenvalue weighted by Gasteiger charge is 2.30. The Kier molecular flexibility index (Phi) is 3.26. The third kappa shape index (κ3) is 2.34. The molecule has 0 spiro atoms. The van der Waals surface area contributed by atoms with Crippen LogP contribution in [0.25, 0.3) is 0 Å². The first kappa shape index (κ1) is 14.1. The molecule has 2 aromatic carbocycles. The number of aryl methyl sites for hydroxylation is 2. The Bertz CT molecular complexity index is 778. The fourth-order valence-electron chi connectivity index (χ4n) is 3.24. The Balaban J connectivity index is 1.73. The van der Waals surface area contributed by atoms with E-state index in [0.29, 0.717) is 18.8 Å². The number of carbonyl (C=O) groups is 1. The second-order valence-corrected chi connectivity index (χ2v) is 6.17. The van der Waals surface area contributed by atoms with Crippen molar-refractivity contribution < 1.29 is 14.3 Å². The van der Waals surface area contributed by atoms with Crippen LogP contribution in [-0.2, 0) is 12.8 Å². The minimum absolute atomic E-state index is 0.117. The van der Waals surface area contributed by atoms with Gasteiger partial charge in [0.25, 0.3) is 5.91 Å². The van der Waals surface area contributed by atoms with E-state index in [0.717, 1.165) is 46.7 Å². The van der Waals surface area contributed by atoms with Gasteiger partial charge in [0.15, 0.2) is 0 Å².